The van der Waals surface area contributed by atoms with Crippen molar-refractivity contribution in [3.05, 3.63) is 0 Å². The fourth-order valence-electron chi connectivity index (χ4n) is 1.01. The zero-order chi connectivity index (χ0) is 9.56. The van der Waals surface area contributed by atoms with Gasteiger partial charge in [0, 0.05) is 5.92 Å². The van der Waals surface area contributed by atoms with Crippen LogP contribution in [0.2, 0.25) is 0 Å². The largest absolute Gasteiger partial charge is 0.299 e. The van der Waals surface area contributed by atoms with Crippen LogP contribution in [-0.2, 0) is 9.59 Å². The maximum absolute atomic E-state index is 10.9. The zero-order valence-corrected chi connectivity index (χ0v) is 8.36. The molecule has 12 heavy (non-hydrogen) atoms. The number of carbonyl (C=O) groups is 2. The highest BCUT2D eigenvalue weighted by Gasteiger charge is 2.25. The minimum atomic E-state index is -0.531. The lowest BCUT2D eigenvalue weighted by atomic mass is 9.81. The lowest BCUT2D eigenvalue weighted by Gasteiger charge is -2.22. The van der Waals surface area contributed by atoms with E-state index < -0.39 is 5.24 Å². The van der Waals surface area contributed by atoms with E-state index in [0.29, 0.717) is 0 Å². The molecule has 0 heterocycles. The van der Waals surface area contributed by atoms with Gasteiger partial charge in [0.15, 0.2) is 0 Å². The second-order valence-electron chi connectivity index (χ2n) is 2.63. The number of hydrogen-bond donors (Lipinski definition) is 0. The van der Waals surface area contributed by atoms with Gasteiger partial charge in [-0.15, -0.1) is 0 Å². The lowest BCUT2D eigenvalue weighted by Crippen LogP contribution is -2.22. The van der Waals surface area contributed by atoms with Crippen LogP contribution in [0.5, 0.6) is 0 Å². The van der Waals surface area contributed by atoms with Crippen LogP contribution in [0.15, 0.2) is 0 Å². The molecule has 1 aliphatic rings. The summed E-state index contributed by atoms with van der Waals surface area (Å²) in [6, 6.07) is 0. The van der Waals surface area contributed by atoms with Gasteiger partial charge in [0.2, 0.25) is 5.24 Å². The van der Waals surface area contributed by atoms with Gasteiger partial charge in [-0.25, -0.2) is 0 Å². The monoisotopic (exact) mass is 190 g/mol. The van der Waals surface area contributed by atoms with Crippen LogP contribution < -0.4 is 0 Å². The topological polar surface area (TPSA) is 34.1 Å². The van der Waals surface area contributed by atoms with E-state index in [9.17, 15) is 9.59 Å². The second kappa shape index (κ2) is 6.18. The SMILES string of the molecule is CC.O=C(Cl)CC(=O)C1CCC1. The molecule has 70 valence electrons. The highest BCUT2D eigenvalue weighted by molar-refractivity contribution is 6.64. The first-order valence-corrected chi connectivity index (χ1v) is 4.79. The number of ketones is 1. The highest BCUT2D eigenvalue weighted by Crippen LogP contribution is 2.28. The standard InChI is InChI=1S/C7H9ClO2.C2H6/c8-7(10)4-6(9)5-2-1-3-5;1-2/h5H,1-4H2;1-2H3. The Morgan fingerprint density at radius 1 is 1.33 bits per heavy atom. The normalized spacial score (nSPS) is 15.6. The van der Waals surface area contributed by atoms with Gasteiger partial charge in [0.25, 0.3) is 0 Å². The molecule has 0 aliphatic heterocycles. The summed E-state index contributed by atoms with van der Waals surface area (Å²) in [7, 11) is 0. The van der Waals surface area contributed by atoms with Gasteiger partial charge in [-0.1, -0.05) is 20.3 Å². The molecule has 0 bridgehead atoms. The Kier molecular flexibility index (Phi) is 5.99. The van der Waals surface area contributed by atoms with Crippen molar-refractivity contribution in [1.29, 1.82) is 0 Å². The van der Waals surface area contributed by atoms with Gasteiger partial charge in [-0.05, 0) is 24.4 Å². The molecule has 0 atom stereocenters. The highest BCUT2D eigenvalue weighted by atomic mass is 35.5. The summed E-state index contributed by atoms with van der Waals surface area (Å²) in [6.45, 7) is 4.00. The number of halogens is 1. The summed E-state index contributed by atoms with van der Waals surface area (Å²) in [5.74, 6) is 0.161. The van der Waals surface area contributed by atoms with Gasteiger partial charge < -0.3 is 0 Å². The predicted octanol–water partition coefficient (Wildman–Crippen LogP) is 2.54. The van der Waals surface area contributed by atoms with E-state index in [1.54, 1.807) is 0 Å². The number of carbonyl (C=O) groups excluding carboxylic acids is 2. The second-order valence-corrected chi connectivity index (χ2v) is 3.05. The van der Waals surface area contributed by atoms with E-state index in [-0.39, 0.29) is 18.1 Å². The first-order chi connectivity index (χ1) is 5.70. The molecular formula is C9H15ClO2. The van der Waals surface area contributed by atoms with Crippen molar-refractivity contribution in [3.63, 3.8) is 0 Å². The number of hydrogen-bond acceptors (Lipinski definition) is 2. The lowest BCUT2D eigenvalue weighted by molar-refractivity contribution is -0.128. The Hall–Kier alpha value is -0.370. The van der Waals surface area contributed by atoms with Crippen LogP contribution >= 0.6 is 11.6 Å². The minimum Gasteiger partial charge on any atom is -0.299 e. The summed E-state index contributed by atoms with van der Waals surface area (Å²) in [4.78, 5) is 21.2. The Labute approximate surface area is 78.3 Å². The molecule has 0 saturated heterocycles. The van der Waals surface area contributed by atoms with E-state index in [0.717, 1.165) is 19.3 Å². The van der Waals surface area contributed by atoms with Gasteiger partial charge in [0.05, 0.1) is 6.42 Å². The first kappa shape index (κ1) is 11.6. The molecule has 0 N–H and O–H groups in total. The quantitative estimate of drug-likeness (QED) is 0.506. The van der Waals surface area contributed by atoms with Crippen molar-refractivity contribution in [2.45, 2.75) is 39.5 Å². The van der Waals surface area contributed by atoms with Crippen LogP contribution in [0, 0.1) is 5.92 Å². The summed E-state index contributed by atoms with van der Waals surface area (Å²) in [5, 5.41) is -0.531. The molecule has 2 nitrogen and oxygen atoms in total. The summed E-state index contributed by atoms with van der Waals surface area (Å²) in [6.07, 6.45) is 2.94. The average Bonchev–Trinajstić information content (AvgIpc) is 1.85. The Balaban J connectivity index is 0.000000561. The number of Topliss-reactive ketones (excluding diaryl/α,β-unsaturated/α-hetero) is 1. The molecule has 0 amide bonds. The number of rotatable bonds is 3. The van der Waals surface area contributed by atoms with Crippen molar-refractivity contribution in [2.24, 2.45) is 5.92 Å². The Bertz CT molecular complexity index is 162. The van der Waals surface area contributed by atoms with Gasteiger partial charge in [-0.3, -0.25) is 9.59 Å². The third kappa shape index (κ3) is 3.86. The van der Waals surface area contributed by atoms with E-state index in [1.807, 2.05) is 13.8 Å². The third-order valence-electron chi connectivity index (χ3n) is 1.87. The van der Waals surface area contributed by atoms with Gasteiger partial charge in [-0.2, -0.15) is 0 Å². The van der Waals surface area contributed by atoms with Crippen molar-refractivity contribution < 1.29 is 9.59 Å². The van der Waals surface area contributed by atoms with E-state index in [4.69, 9.17) is 11.6 Å². The molecule has 1 fully saturated rings. The molecule has 1 rings (SSSR count). The predicted molar refractivity (Wildman–Crippen MR) is 49.2 cm³/mol. The molecule has 1 aliphatic carbocycles. The molecule has 3 heteroatoms. The van der Waals surface area contributed by atoms with Crippen LogP contribution in [-0.4, -0.2) is 11.0 Å². The van der Waals surface area contributed by atoms with E-state index >= 15 is 0 Å². The van der Waals surface area contributed by atoms with Crippen LogP contribution in [0.1, 0.15) is 39.5 Å². The molecule has 0 aromatic heterocycles. The van der Waals surface area contributed by atoms with Crippen molar-refractivity contribution in [2.75, 3.05) is 0 Å². The van der Waals surface area contributed by atoms with Crippen LogP contribution in [0.4, 0.5) is 0 Å². The Morgan fingerprint density at radius 2 is 1.83 bits per heavy atom. The zero-order valence-electron chi connectivity index (χ0n) is 7.60. The summed E-state index contributed by atoms with van der Waals surface area (Å²) < 4.78 is 0. The summed E-state index contributed by atoms with van der Waals surface area (Å²) in [5.41, 5.74) is 0. The fourth-order valence-corrected chi connectivity index (χ4v) is 1.14. The van der Waals surface area contributed by atoms with E-state index in [1.165, 1.54) is 0 Å². The minimum absolute atomic E-state index is 0.0197. The molecule has 0 radical (unpaired) electrons. The van der Waals surface area contributed by atoms with Crippen LogP contribution in [0.3, 0.4) is 0 Å². The third-order valence-corrected chi connectivity index (χ3v) is 2.01. The van der Waals surface area contributed by atoms with Crippen LogP contribution in [0.25, 0.3) is 0 Å². The smallest absolute Gasteiger partial charge is 0.229 e. The molecular weight excluding hydrogens is 176 g/mol. The fraction of sp³-hybridized carbons (Fsp3) is 0.778. The maximum Gasteiger partial charge on any atom is 0.229 e. The van der Waals surface area contributed by atoms with Gasteiger partial charge >= 0.3 is 0 Å². The van der Waals surface area contributed by atoms with Gasteiger partial charge in [0.1, 0.15) is 5.78 Å². The molecule has 0 aromatic carbocycles. The van der Waals surface area contributed by atoms with Crippen molar-refractivity contribution >= 4 is 22.6 Å². The molecule has 0 aromatic rings. The van der Waals surface area contributed by atoms with Crippen molar-refractivity contribution in [3.8, 4) is 0 Å². The molecule has 0 unspecified atom stereocenters. The summed E-state index contributed by atoms with van der Waals surface area (Å²) >= 11 is 5.04. The van der Waals surface area contributed by atoms with Crippen molar-refractivity contribution in [1.82, 2.24) is 0 Å². The first-order valence-electron chi connectivity index (χ1n) is 4.41. The molecule has 1 saturated carbocycles. The maximum atomic E-state index is 10.9. The molecule has 0 spiro atoms. The average molecular weight is 191 g/mol. The Morgan fingerprint density at radius 3 is 2.08 bits per heavy atom. The van der Waals surface area contributed by atoms with E-state index in [2.05, 4.69) is 0 Å².